The fraction of sp³-hybridized carbons (Fsp3) is 0.417. The van der Waals surface area contributed by atoms with Crippen LogP contribution in [0.4, 0.5) is 0 Å². The average molecular weight is 294 g/mol. The number of nitrogens with one attached hydrogen (secondary N) is 1. The Morgan fingerprint density at radius 3 is 2.90 bits per heavy atom. The summed E-state index contributed by atoms with van der Waals surface area (Å²) in [5.41, 5.74) is 0. The molecular weight excluding hydrogens is 280 g/mol. The highest BCUT2D eigenvalue weighted by Crippen LogP contribution is 2.38. The number of pyridine rings is 1. The van der Waals surface area contributed by atoms with Gasteiger partial charge in [0.25, 0.3) is 0 Å². The van der Waals surface area contributed by atoms with Crippen molar-refractivity contribution in [3.05, 3.63) is 36.2 Å². The largest absolute Gasteiger partial charge is 0.338 e. The van der Waals surface area contributed by atoms with Crippen molar-refractivity contribution in [2.45, 2.75) is 36.6 Å². The number of hydrogen-bond acceptors (Lipinski definition) is 6. The third-order valence-corrected chi connectivity index (χ3v) is 4.57. The highest BCUT2D eigenvalue weighted by molar-refractivity contribution is 7.89. The first kappa shape index (κ1) is 13.2. The summed E-state index contributed by atoms with van der Waals surface area (Å²) in [7, 11) is -3.64. The van der Waals surface area contributed by atoms with Gasteiger partial charge in [0.05, 0.1) is 6.04 Å². The smallest absolute Gasteiger partial charge is 0.244 e. The van der Waals surface area contributed by atoms with Crippen LogP contribution >= 0.6 is 0 Å². The number of sulfonamides is 1. The predicted octanol–water partition coefficient (Wildman–Crippen LogP) is 1.38. The van der Waals surface area contributed by atoms with Crippen molar-refractivity contribution in [1.82, 2.24) is 19.8 Å². The lowest BCUT2D eigenvalue weighted by atomic mass is 10.3. The second-order valence-electron chi connectivity index (χ2n) is 4.80. The number of hydrogen-bond donors (Lipinski definition) is 1. The van der Waals surface area contributed by atoms with Crippen molar-refractivity contribution in [2.24, 2.45) is 0 Å². The summed E-state index contributed by atoms with van der Waals surface area (Å²) in [5.74, 6) is 1.31. The van der Waals surface area contributed by atoms with Gasteiger partial charge in [0.2, 0.25) is 15.9 Å². The Kier molecular flexibility index (Phi) is 3.27. The fourth-order valence-corrected chi connectivity index (χ4v) is 2.95. The lowest BCUT2D eigenvalue weighted by Crippen LogP contribution is -2.27. The van der Waals surface area contributed by atoms with Crippen LogP contribution < -0.4 is 4.72 Å². The van der Waals surface area contributed by atoms with Crippen LogP contribution in [0.5, 0.6) is 0 Å². The van der Waals surface area contributed by atoms with Crippen LogP contribution in [-0.4, -0.2) is 23.5 Å². The Bertz CT molecular complexity index is 695. The zero-order chi connectivity index (χ0) is 14.2. The van der Waals surface area contributed by atoms with Crippen molar-refractivity contribution in [1.29, 1.82) is 0 Å². The van der Waals surface area contributed by atoms with Gasteiger partial charge in [0, 0.05) is 18.3 Å². The Hall–Kier alpha value is -1.80. The number of aromatic nitrogens is 3. The third kappa shape index (κ3) is 2.70. The van der Waals surface area contributed by atoms with E-state index in [9.17, 15) is 8.42 Å². The summed E-state index contributed by atoms with van der Waals surface area (Å²) in [4.78, 5) is 8.13. The molecular formula is C12H14N4O3S. The topological polar surface area (TPSA) is 98.0 Å². The molecule has 1 aliphatic carbocycles. The zero-order valence-corrected chi connectivity index (χ0v) is 11.7. The molecule has 1 N–H and O–H groups in total. The first-order valence-electron chi connectivity index (χ1n) is 6.32. The van der Waals surface area contributed by atoms with E-state index in [2.05, 4.69) is 19.8 Å². The molecule has 0 aliphatic heterocycles. The van der Waals surface area contributed by atoms with E-state index in [0.29, 0.717) is 11.7 Å². The van der Waals surface area contributed by atoms with Gasteiger partial charge in [-0.3, -0.25) is 4.98 Å². The normalized spacial score (nSPS) is 17.1. The summed E-state index contributed by atoms with van der Waals surface area (Å²) in [6.07, 6.45) is 4.93. The maximum absolute atomic E-state index is 12.1. The number of rotatable bonds is 5. The van der Waals surface area contributed by atoms with E-state index in [0.717, 1.165) is 12.8 Å². The van der Waals surface area contributed by atoms with Crippen molar-refractivity contribution in [3.8, 4) is 0 Å². The Morgan fingerprint density at radius 1 is 1.45 bits per heavy atom. The summed E-state index contributed by atoms with van der Waals surface area (Å²) < 4.78 is 31.9. The summed E-state index contributed by atoms with van der Waals surface area (Å²) in [5, 5.41) is 3.87. The maximum Gasteiger partial charge on any atom is 0.244 e. The first-order valence-corrected chi connectivity index (χ1v) is 7.80. The van der Waals surface area contributed by atoms with Crippen molar-refractivity contribution in [2.75, 3.05) is 0 Å². The highest BCUT2D eigenvalue weighted by atomic mass is 32.2. The van der Waals surface area contributed by atoms with Crippen molar-refractivity contribution >= 4 is 10.0 Å². The molecule has 2 heterocycles. The van der Waals surface area contributed by atoms with Crippen LogP contribution in [0.3, 0.4) is 0 Å². The van der Waals surface area contributed by atoms with Gasteiger partial charge in [-0.25, -0.2) is 8.42 Å². The van der Waals surface area contributed by atoms with Gasteiger partial charge in [-0.2, -0.15) is 9.71 Å². The monoisotopic (exact) mass is 294 g/mol. The molecule has 0 spiro atoms. The van der Waals surface area contributed by atoms with Gasteiger partial charge in [0.15, 0.2) is 5.82 Å². The van der Waals surface area contributed by atoms with Gasteiger partial charge < -0.3 is 4.52 Å². The summed E-state index contributed by atoms with van der Waals surface area (Å²) in [6.45, 7) is 1.66. The second kappa shape index (κ2) is 4.95. The van der Waals surface area contributed by atoms with E-state index in [4.69, 9.17) is 4.52 Å². The highest BCUT2D eigenvalue weighted by Gasteiger charge is 2.30. The summed E-state index contributed by atoms with van der Waals surface area (Å²) in [6, 6.07) is 2.46. The Labute approximate surface area is 116 Å². The molecule has 0 aromatic carbocycles. The van der Waals surface area contributed by atoms with E-state index >= 15 is 0 Å². The van der Waals surface area contributed by atoms with Crippen LogP contribution in [0.1, 0.15) is 43.4 Å². The predicted molar refractivity (Wildman–Crippen MR) is 69.2 cm³/mol. The molecule has 20 heavy (non-hydrogen) atoms. The molecule has 2 aromatic heterocycles. The molecule has 1 aliphatic rings. The van der Waals surface area contributed by atoms with E-state index in [1.807, 2.05) is 0 Å². The molecule has 0 bridgehead atoms. The molecule has 7 nitrogen and oxygen atoms in total. The van der Waals surface area contributed by atoms with E-state index in [1.165, 1.54) is 18.5 Å². The van der Waals surface area contributed by atoms with Gasteiger partial charge in [-0.15, -0.1) is 0 Å². The van der Waals surface area contributed by atoms with Crippen LogP contribution in [0.15, 0.2) is 33.9 Å². The lowest BCUT2D eigenvalue weighted by molar-refractivity contribution is 0.349. The second-order valence-corrected chi connectivity index (χ2v) is 6.51. The molecule has 106 valence electrons. The fourth-order valence-electron chi connectivity index (χ4n) is 1.79. The minimum absolute atomic E-state index is 0.105. The van der Waals surface area contributed by atoms with Crippen molar-refractivity contribution in [3.63, 3.8) is 0 Å². The van der Waals surface area contributed by atoms with Gasteiger partial charge in [-0.05, 0) is 31.9 Å². The molecule has 1 fully saturated rings. The van der Waals surface area contributed by atoms with Crippen LogP contribution in [0.2, 0.25) is 0 Å². The van der Waals surface area contributed by atoms with E-state index in [1.54, 1.807) is 13.0 Å². The molecule has 1 atom stereocenters. The molecule has 2 aromatic rings. The molecule has 8 heteroatoms. The molecule has 0 radical (unpaired) electrons. The SMILES string of the molecule is C[C@@H](NS(=O)(=O)c1cccnc1)c1nc(C2CC2)no1. The van der Waals surface area contributed by atoms with E-state index < -0.39 is 16.1 Å². The Balaban J connectivity index is 1.75. The van der Waals surface area contributed by atoms with Gasteiger partial charge >= 0.3 is 0 Å². The third-order valence-electron chi connectivity index (χ3n) is 3.05. The minimum Gasteiger partial charge on any atom is -0.338 e. The van der Waals surface area contributed by atoms with Gasteiger partial charge in [-0.1, -0.05) is 5.16 Å². The first-order chi connectivity index (χ1) is 9.56. The minimum atomic E-state index is -3.64. The van der Waals surface area contributed by atoms with Gasteiger partial charge in [0.1, 0.15) is 4.90 Å². The quantitative estimate of drug-likeness (QED) is 0.894. The zero-order valence-electron chi connectivity index (χ0n) is 10.9. The van der Waals surface area contributed by atoms with Crippen molar-refractivity contribution < 1.29 is 12.9 Å². The maximum atomic E-state index is 12.1. The average Bonchev–Trinajstić information content (AvgIpc) is 3.17. The molecule has 0 saturated heterocycles. The van der Waals surface area contributed by atoms with Crippen LogP contribution in [0, 0.1) is 0 Å². The standard InChI is InChI=1S/C12H14N4O3S/c1-8(12-14-11(15-19-12)9-4-5-9)16-20(17,18)10-3-2-6-13-7-10/h2-3,6-9,16H,4-5H2,1H3/t8-/m1/s1. The summed E-state index contributed by atoms with van der Waals surface area (Å²) >= 11 is 0. The molecule has 1 saturated carbocycles. The van der Waals surface area contributed by atoms with Crippen LogP contribution in [-0.2, 0) is 10.0 Å². The molecule has 3 rings (SSSR count). The lowest BCUT2D eigenvalue weighted by Gasteiger charge is -2.09. The number of nitrogens with zero attached hydrogens (tertiary/aromatic N) is 3. The molecule has 0 unspecified atom stereocenters. The van der Waals surface area contributed by atoms with E-state index in [-0.39, 0.29) is 10.8 Å². The van der Waals surface area contributed by atoms with Crippen LogP contribution in [0.25, 0.3) is 0 Å². The molecule has 0 amide bonds. The Morgan fingerprint density at radius 2 is 2.25 bits per heavy atom.